The van der Waals surface area contributed by atoms with Crippen LogP contribution in [0, 0.1) is 5.92 Å². The maximum atomic E-state index is 13.2. The summed E-state index contributed by atoms with van der Waals surface area (Å²) in [5.41, 5.74) is 5.72. The Bertz CT molecular complexity index is 1140. The fourth-order valence-corrected chi connectivity index (χ4v) is 5.86. The zero-order chi connectivity index (χ0) is 21.8. The lowest BCUT2D eigenvalue weighted by Gasteiger charge is -2.46. The van der Waals surface area contributed by atoms with E-state index in [0.29, 0.717) is 18.0 Å². The van der Waals surface area contributed by atoms with Crippen LogP contribution in [0.2, 0.25) is 0 Å². The molecule has 3 heterocycles. The van der Waals surface area contributed by atoms with Gasteiger partial charge in [-0.05, 0) is 54.7 Å². The number of rotatable bonds is 3. The van der Waals surface area contributed by atoms with E-state index in [9.17, 15) is 4.79 Å². The smallest absolute Gasteiger partial charge is 0.231 e. The Morgan fingerprint density at radius 1 is 1.03 bits per heavy atom. The molecule has 2 atom stereocenters. The molecule has 32 heavy (non-hydrogen) atoms. The highest BCUT2D eigenvalue weighted by Crippen LogP contribution is 2.53. The van der Waals surface area contributed by atoms with E-state index in [1.807, 2.05) is 6.07 Å². The average molecular weight is 434 g/mol. The van der Waals surface area contributed by atoms with Crippen LogP contribution in [0.5, 0.6) is 23.0 Å². The number of benzene rings is 2. The van der Waals surface area contributed by atoms with Crippen molar-refractivity contribution in [3.05, 3.63) is 46.5 Å². The second-order valence-electron chi connectivity index (χ2n) is 8.90. The fourth-order valence-electron chi connectivity index (χ4n) is 5.86. The van der Waals surface area contributed by atoms with Crippen molar-refractivity contribution >= 4 is 17.6 Å². The van der Waals surface area contributed by atoms with Gasteiger partial charge in [-0.1, -0.05) is 12.5 Å². The minimum atomic E-state index is -0.0681. The highest BCUT2D eigenvalue weighted by molar-refractivity contribution is 5.90. The van der Waals surface area contributed by atoms with E-state index in [1.54, 1.807) is 14.2 Å². The first-order valence-electron chi connectivity index (χ1n) is 11.4. The Morgan fingerprint density at radius 2 is 1.88 bits per heavy atom. The molecule has 0 N–H and O–H groups in total. The molecule has 2 aromatic rings. The predicted molar refractivity (Wildman–Crippen MR) is 120 cm³/mol. The SMILES string of the molecule is COc1ccc2c(c1OC)[C@H]([C@H]1CCCCC1=O)N1CCc3cc4c(cc3C1=C2)OCO4. The van der Waals surface area contributed by atoms with Crippen LogP contribution in [0.1, 0.15) is 54.0 Å². The summed E-state index contributed by atoms with van der Waals surface area (Å²) in [5.74, 6) is 3.35. The van der Waals surface area contributed by atoms with Crippen LogP contribution in [0.4, 0.5) is 0 Å². The number of carbonyl (C=O) groups is 1. The van der Waals surface area contributed by atoms with Gasteiger partial charge in [-0.2, -0.15) is 0 Å². The van der Waals surface area contributed by atoms with Crippen molar-refractivity contribution in [2.45, 2.75) is 38.1 Å². The van der Waals surface area contributed by atoms with E-state index in [-0.39, 0.29) is 18.8 Å². The fraction of sp³-hybridized carbons (Fsp3) is 0.423. The van der Waals surface area contributed by atoms with Crippen molar-refractivity contribution < 1.29 is 23.7 Å². The van der Waals surface area contributed by atoms with Gasteiger partial charge < -0.3 is 23.8 Å². The number of hydrogen-bond donors (Lipinski definition) is 0. The van der Waals surface area contributed by atoms with Gasteiger partial charge in [-0.15, -0.1) is 0 Å². The van der Waals surface area contributed by atoms with Crippen LogP contribution in [-0.4, -0.2) is 38.2 Å². The highest BCUT2D eigenvalue weighted by Gasteiger charge is 2.43. The second-order valence-corrected chi connectivity index (χ2v) is 8.90. The quantitative estimate of drug-likeness (QED) is 0.705. The summed E-state index contributed by atoms with van der Waals surface area (Å²) in [6.45, 7) is 1.10. The van der Waals surface area contributed by atoms with Crippen LogP contribution in [0.3, 0.4) is 0 Å². The maximum absolute atomic E-state index is 13.2. The minimum Gasteiger partial charge on any atom is -0.493 e. The number of carbonyl (C=O) groups excluding carboxylic acids is 1. The second kappa shape index (κ2) is 7.47. The van der Waals surface area contributed by atoms with Crippen molar-refractivity contribution in [1.29, 1.82) is 0 Å². The van der Waals surface area contributed by atoms with Gasteiger partial charge in [0.1, 0.15) is 5.78 Å². The summed E-state index contributed by atoms with van der Waals surface area (Å²) >= 11 is 0. The van der Waals surface area contributed by atoms with Crippen molar-refractivity contribution in [3.63, 3.8) is 0 Å². The standard InChI is InChI=1S/C26H27NO5/c1-29-21-8-7-16-11-19-18-13-23-22(31-14-32-23)12-15(18)9-10-27(19)25(24(16)26(21)30-2)17-5-3-4-6-20(17)28/h7-8,11-13,17,25H,3-6,9-10,14H2,1-2H3/t17-,25-/m0/s1. The summed E-state index contributed by atoms with van der Waals surface area (Å²) in [6.07, 6.45) is 6.74. The molecule has 3 aliphatic heterocycles. The summed E-state index contributed by atoms with van der Waals surface area (Å²) < 4.78 is 22.8. The highest BCUT2D eigenvalue weighted by atomic mass is 16.7. The lowest BCUT2D eigenvalue weighted by atomic mass is 9.75. The number of Topliss-reactive ketones (excluding diaryl/α,β-unsaturated/α-hetero) is 1. The van der Waals surface area contributed by atoms with Gasteiger partial charge >= 0.3 is 0 Å². The summed E-state index contributed by atoms with van der Waals surface area (Å²) in [7, 11) is 3.35. The number of ether oxygens (including phenoxy) is 4. The average Bonchev–Trinajstić information content (AvgIpc) is 3.28. The van der Waals surface area contributed by atoms with Crippen LogP contribution in [0.25, 0.3) is 11.8 Å². The molecule has 0 saturated heterocycles. The third-order valence-electron chi connectivity index (χ3n) is 7.33. The summed E-state index contributed by atoms with van der Waals surface area (Å²) in [5, 5.41) is 0. The van der Waals surface area contributed by atoms with Gasteiger partial charge in [0.15, 0.2) is 23.0 Å². The molecule has 0 bridgehead atoms. The van der Waals surface area contributed by atoms with Gasteiger partial charge in [-0.25, -0.2) is 0 Å². The maximum Gasteiger partial charge on any atom is 0.231 e. The Hall–Kier alpha value is -3.15. The molecule has 0 radical (unpaired) electrons. The van der Waals surface area contributed by atoms with Crippen LogP contribution in [-0.2, 0) is 11.2 Å². The van der Waals surface area contributed by atoms with Gasteiger partial charge in [-0.3, -0.25) is 4.79 Å². The molecule has 6 heteroatoms. The molecular formula is C26H27NO5. The number of fused-ring (bicyclic) bond motifs is 5. The number of hydrogen-bond acceptors (Lipinski definition) is 6. The van der Waals surface area contributed by atoms with E-state index >= 15 is 0 Å². The number of ketones is 1. The van der Waals surface area contributed by atoms with Crippen molar-refractivity contribution in [1.82, 2.24) is 4.90 Å². The summed E-state index contributed by atoms with van der Waals surface area (Å²) in [6, 6.07) is 8.18. The first kappa shape index (κ1) is 19.5. The molecular weight excluding hydrogens is 406 g/mol. The molecule has 0 amide bonds. The Morgan fingerprint density at radius 3 is 2.66 bits per heavy atom. The Labute approximate surface area is 187 Å². The van der Waals surface area contributed by atoms with Gasteiger partial charge in [0.25, 0.3) is 0 Å². The van der Waals surface area contributed by atoms with Crippen molar-refractivity contribution in [3.8, 4) is 23.0 Å². The van der Waals surface area contributed by atoms with Crippen LogP contribution in [0.15, 0.2) is 24.3 Å². The molecule has 1 saturated carbocycles. The third-order valence-corrected chi connectivity index (χ3v) is 7.33. The van der Waals surface area contributed by atoms with Crippen molar-refractivity contribution in [2.24, 2.45) is 5.92 Å². The minimum absolute atomic E-state index is 0.0530. The zero-order valence-electron chi connectivity index (χ0n) is 18.5. The lowest BCUT2D eigenvalue weighted by Crippen LogP contribution is -2.42. The monoisotopic (exact) mass is 433 g/mol. The largest absolute Gasteiger partial charge is 0.493 e. The Balaban J connectivity index is 1.57. The van der Waals surface area contributed by atoms with Crippen molar-refractivity contribution in [2.75, 3.05) is 27.6 Å². The molecule has 6 rings (SSSR count). The van der Waals surface area contributed by atoms with E-state index in [4.69, 9.17) is 18.9 Å². The molecule has 2 aromatic carbocycles. The summed E-state index contributed by atoms with van der Waals surface area (Å²) in [4.78, 5) is 15.6. The first-order chi connectivity index (χ1) is 15.7. The van der Waals surface area contributed by atoms with E-state index in [2.05, 4.69) is 29.2 Å². The molecule has 4 aliphatic rings. The van der Waals surface area contributed by atoms with Gasteiger partial charge in [0.2, 0.25) is 6.79 Å². The molecule has 0 aromatic heterocycles. The van der Waals surface area contributed by atoms with Crippen LogP contribution < -0.4 is 18.9 Å². The molecule has 0 unspecified atom stereocenters. The zero-order valence-corrected chi connectivity index (χ0v) is 18.5. The topological polar surface area (TPSA) is 57.2 Å². The molecule has 1 aliphatic carbocycles. The van der Waals surface area contributed by atoms with E-state index in [1.165, 1.54) is 5.56 Å². The lowest BCUT2D eigenvalue weighted by molar-refractivity contribution is -0.126. The van der Waals surface area contributed by atoms with Gasteiger partial charge in [0.05, 0.1) is 20.3 Å². The van der Waals surface area contributed by atoms with Gasteiger partial charge in [0, 0.05) is 35.7 Å². The van der Waals surface area contributed by atoms with Crippen LogP contribution >= 0.6 is 0 Å². The molecule has 6 nitrogen and oxygen atoms in total. The molecule has 166 valence electrons. The predicted octanol–water partition coefficient (Wildman–Crippen LogP) is 4.60. The number of methoxy groups -OCH3 is 2. The first-order valence-corrected chi connectivity index (χ1v) is 11.4. The molecule has 1 fully saturated rings. The van der Waals surface area contributed by atoms with E-state index in [0.717, 1.165) is 71.9 Å². The normalized spacial score (nSPS) is 23.1. The van der Waals surface area contributed by atoms with E-state index < -0.39 is 0 Å². The third kappa shape index (κ3) is 2.81. The Kier molecular flexibility index (Phi) is 4.56. The number of nitrogens with zero attached hydrogens (tertiary/aromatic N) is 1. The molecule has 0 spiro atoms.